The van der Waals surface area contributed by atoms with Crippen LogP contribution in [0.1, 0.15) is 25.7 Å². The molecule has 2 atom stereocenters. The number of hydrogen-bond acceptors (Lipinski definition) is 4. The second-order valence-electron chi connectivity index (χ2n) is 4.99. The van der Waals surface area contributed by atoms with Gasteiger partial charge >= 0.3 is 0 Å². The highest BCUT2D eigenvalue weighted by atomic mass is 32.2. The zero-order chi connectivity index (χ0) is 14.6. The van der Waals surface area contributed by atoms with Gasteiger partial charge in [0.15, 0.2) is 0 Å². The smallest absolute Gasteiger partial charge is 0.243 e. The Hall–Kier alpha value is -1.11. The lowest BCUT2D eigenvalue weighted by molar-refractivity contribution is 0.114. The third-order valence-corrected chi connectivity index (χ3v) is 5.21. The van der Waals surface area contributed by atoms with Crippen LogP contribution < -0.4 is 14.8 Å². The van der Waals surface area contributed by atoms with Gasteiger partial charge in [-0.1, -0.05) is 18.6 Å². The van der Waals surface area contributed by atoms with Crippen LogP contribution in [0.25, 0.3) is 0 Å². The van der Waals surface area contributed by atoms with Crippen molar-refractivity contribution >= 4 is 10.0 Å². The van der Waals surface area contributed by atoms with Gasteiger partial charge < -0.3 is 10.1 Å². The van der Waals surface area contributed by atoms with Crippen molar-refractivity contribution in [3.63, 3.8) is 0 Å². The van der Waals surface area contributed by atoms with Crippen LogP contribution in [0.15, 0.2) is 29.2 Å². The lowest BCUT2D eigenvalue weighted by atomic mass is 9.92. The Labute approximate surface area is 120 Å². The number of para-hydroxylation sites is 1. The predicted octanol–water partition coefficient (Wildman–Crippen LogP) is 1.50. The van der Waals surface area contributed by atoms with Crippen LogP contribution in [-0.2, 0) is 10.0 Å². The quantitative estimate of drug-likeness (QED) is 0.864. The SMILES string of the molecule is CNC1CCCCC1Oc1ccccc1S(=O)(=O)NC. The number of nitrogens with one attached hydrogen (secondary N) is 2. The topological polar surface area (TPSA) is 67.4 Å². The van der Waals surface area contributed by atoms with Crippen molar-refractivity contribution in [3.05, 3.63) is 24.3 Å². The van der Waals surface area contributed by atoms with Crippen molar-refractivity contribution in [2.75, 3.05) is 14.1 Å². The Balaban J connectivity index is 2.25. The van der Waals surface area contributed by atoms with Crippen molar-refractivity contribution in [1.82, 2.24) is 10.0 Å². The standard InChI is InChI=1S/C14H22N2O3S/c1-15-11-7-3-4-8-12(11)19-13-9-5-6-10-14(13)20(17,18)16-2/h5-6,9-12,15-16H,3-4,7-8H2,1-2H3. The second kappa shape index (κ2) is 6.56. The summed E-state index contributed by atoms with van der Waals surface area (Å²) in [5.74, 6) is 0.425. The summed E-state index contributed by atoms with van der Waals surface area (Å²) in [6.45, 7) is 0. The summed E-state index contributed by atoms with van der Waals surface area (Å²) in [5, 5.41) is 3.26. The van der Waals surface area contributed by atoms with Gasteiger partial charge in [-0.3, -0.25) is 0 Å². The van der Waals surface area contributed by atoms with Crippen molar-refractivity contribution in [3.8, 4) is 5.75 Å². The Morgan fingerprint density at radius 1 is 1.15 bits per heavy atom. The molecule has 112 valence electrons. The fraction of sp³-hybridized carbons (Fsp3) is 0.571. The van der Waals surface area contributed by atoms with E-state index in [0.717, 1.165) is 19.3 Å². The van der Waals surface area contributed by atoms with Crippen molar-refractivity contribution in [2.45, 2.75) is 42.7 Å². The molecule has 1 aromatic rings. The molecule has 20 heavy (non-hydrogen) atoms. The van der Waals surface area contributed by atoms with Gasteiger partial charge in [-0.05, 0) is 45.5 Å². The highest BCUT2D eigenvalue weighted by Gasteiger charge is 2.27. The molecule has 0 spiro atoms. The van der Waals surface area contributed by atoms with E-state index in [0.29, 0.717) is 5.75 Å². The zero-order valence-electron chi connectivity index (χ0n) is 11.9. The molecule has 0 amide bonds. The van der Waals surface area contributed by atoms with Crippen LogP contribution in [0.3, 0.4) is 0 Å². The molecule has 0 bridgehead atoms. The Kier molecular flexibility index (Phi) is 5.01. The molecule has 2 unspecified atom stereocenters. The molecule has 1 saturated carbocycles. The van der Waals surface area contributed by atoms with Crippen LogP contribution in [0, 0.1) is 0 Å². The summed E-state index contributed by atoms with van der Waals surface area (Å²) < 4.78 is 32.3. The number of benzene rings is 1. The minimum Gasteiger partial charge on any atom is -0.487 e. The van der Waals surface area contributed by atoms with Gasteiger partial charge in [-0.15, -0.1) is 0 Å². The summed E-state index contributed by atoms with van der Waals surface area (Å²) in [4.78, 5) is 0.197. The molecule has 1 fully saturated rings. The molecule has 6 heteroatoms. The average Bonchev–Trinajstić information content (AvgIpc) is 2.48. The molecule has 0 radical (unpaired) electrons. The van der Waals surface area contributed by atoms with E-state index in [1.165, 1.54) is 13.5 Å². The molecule has 1 aliphatic rings. The van der Waals surface area contributed by atoms with Gasteiger partial charge in [-0.2, -0.15) is 0 Å². The van der Waals surface area contributed by atoms with Crippen LogP contribution in [0.2, 0.25) is 0 Å². The molecule has 0 saturated heterocycles. The van der Waals surface area contributed by atoms with Crippen LogP contribution in [0.5, 0.6) is 5.75 Å². The summed E-state index contributed by atoms with van der Waals surface area (Å²) in [5.41, 5.74) is 0. The normalized spacial score (nSPS) is 23.5. The molecule has 0 aromatic heterocycles. The van der Waals surface area contributed by atoms with E-state index in [9.17, 15) is 8.42 Å². The maximum Gasteiger partial charge on any atom is 0.243 e. The summed E-state index contributed by atoms with van der Waals surface area (Å²) in [6.07, 6.45) is 4.31. The fourth-order valence-corrected chi connectivity index (χ4v) is 3.47. The largest absolute Gasteiger partial charge is 0.487 e. The summed E-state index contributed by atoms with van der Waals surface area (Å²) >= 11 is 0. The van der Waals surface area contributed by atoms with Crippen LogP contribution in [-0.4, -0.2) is 34.7 Å². The highest BCUT2D eigenvalue weighted by molar-refractivity contribution is 7.89. The molecule has 1 aliphatic carbocycles. The van der Waals surface area contributed by atoms with E-state index in [1.54, 1.807) is 24.3 Å². The van der Waals surface area contributed by atoms with Crippen molar-refractivity contribution in [1.29, 1.82) is 0 Å². The van der Waals surface area contributed by atoms with Crippen LogP contribution >= 0.6 is 0 Å². The number of sulfonamides is 1. The molecule has 2 N–H and O–H groups in total. The number of hydrogen-bond donors (Lipinski definition) is 2. The van der Waals surface area contributed by atoms with E-state index in [2.05, 4.69) is 10.0 Å². The van der Waals surface area contributed by atoms with Gasteiger partial charge in [0.1, 0.15) is 16.7 Å². The Morgan fingerprint density at radius 3 is 2.55 bits per heavy atom. The second-order valence-corrected chi connectivity index (χ2v) is 6.85. The molecule has 2 rings (SSSR count). The van der Waals surface area contributed by atoms with Crippen molar-refractivity contribution in [2.24, 2.45) is 0 Å². The molecule has 0 aliphatic heterocycles. The average molecular weight is 298 g/mol. The van der Waals surface area contributed by atoms with Gasteiger partial charge in [0.25, 0.3) is 0 Å². The molecule has 5 nitrogen and oxygen atoms in total. The first-order valence-corrected chi connectivity index (χ1v) is 8.43. The zero-order valence-corrected chi connectivity index (χ0v) is 12.7. The predicted molar refractivity (Wildman–Crippen MR) is 78.4 cm³/mol. The first-order valence-electron chi connectivity index (χ1n) is 6.95. The Bertz CT molecular complexity index is 545. The molecule has 1 aromatic carbocycles. The minimum atomic E-state index is -3.50. The Morgan fingerprint density at radius 2 is 1.85 bits per heavy atom. The molecular weight excluding hydrogens is 276 g/mol. The molecule has 0 heterocycles. The fourth-order valence-electron chi connectivity index (χ4n) is 2.61. The first-order chi connectivity index (χ1) is 9.58. The number of likely N-dealkylation sites (N-methyl/N-ethyl adjacent to an activating group) is 1. The van der Waals surface area contributed by atoms with Gasteiger partial charge in [0, 0.05) is 6.04 Å². The third-order valence-electron chi connectivity index (χ3n) is 3.76. The van der Waals surface area contributed by atoms with Gasteiger partial charge in [-0.25, -0.2) is 13.1 Å². The lowest BCUT2D eigenvalue weighted by Crippen LogP contribution is -2.43. The van der Waals surface area contributed by atoms with E-state index in [4.69, 9.17) is 4.74 Å². The number of rotatable bonds is 5. The van der Waals surface area contributed by atoms with E-state index in [1.807, 2.05) is 7.05 Å². The van der Waals surface area contributed by atoms with Gasteiger partial charge in [0.05, 0.1) is 0 Å². The van der Waals surface area contributed by atoms with Crippen molar-refractivity contribution < 1.29 is 13.2 Å². The van der Waals surface area contributed by atoms with Gasteiger partial charge in [0.2, 0.25) is 10.0 Å². The van der Waals surface area contributed by atoms with E-state index < -0.39 is 10.0 Å². The van der Waals surface area contributed by atoms with E-state index >= 15 is 0 Å². The van der Waals surface area contributed by atoms with Crippen LogP contribution in [0.4, 0.5) is 0 Å². The minimum absolute atomic E-state index is 0.0157. The highest BCUT2D eigenvalue weighted by Crippen LogP contribution is 2.28. The summed E-state index contributed by atoms with van der Waals surface area (Å²) in [7, 11) is -0.174. The summed E-state index contributed by atoms with van der Waals surface area (Å²) in [6, 6.07) is 7.05. The lowest BCUT2D eigenvalue weighted by Gasteiger charge is -2.32. The maximum absolute atomic E-state index is 12.0. The van der Waals surface area contributed by atoms with E-state index in [-0.39, 0.29) is 17.0 Å². The third kappa shape index (κ3) is 3.31. The molecular formula is C14H22N2O3S. The maximum atomic E-state index is 12.0. The first kappa shape index (κ1) is 15.3. The monoisotopic (exact) mass is 298 g/mol. The number of ether oxygens (including phenoxy) is 1.